The van der Waals surface area contributed by atoms with E-state index in [0.717, 1.165) is 89.9 Å². The molecule has 0 fully saturated rings. The summed E-state index contributed by atoms with van der Waals surface area (Å²) in [5.74, 6) is -2.11. The second-order valence-corrected chi connectivity index (χ2v) is 29.9. The molecular weight excluding hydrogens is 1230 g/mol. The van der Waals surface area contributed by atoms with Crippen LogP contribution in [0.1, 0.15) is 400 Å². The summed E-state index contributed by atoms with van der Waals surface area (Å²) in [6.45, 7) is 4.99. The molecule has 94 heavy (non-hydrogen) atoms. The minimum absolute atomic E-state index is 0.108. The molecule has 0 aliphatic carbocycles. The molecule has 19 heteroatoms. The maximum absolute atomic E-state index is 13.1. The van der Waals surface area contributed by atoms with Gasteiger partial charge in [0.15, 0.2) is 12.2 Å². The zero-order valence-electron chi connectivity index (χ0n) is 60.9. The van der Waals surface area contributed by atoms with Crippen molar-refractivity contribution in [1.29, 1.82) is 0 Å². The first-order chi connectivity index (χ1) is 45.7. The van der Waals surface area contributed by atoms with Crippen LogP contribution in [-0.4, -0.2) is 96.7 Å². The number of unbranched alkanes of at least 4 members (excludes halogenated alkanes) is 50. The largest absolute Gasteiger partial charge is 0.472 e. The Labute approximate surface area is 575 Å². The van der Waals surface area contributed by atoms with E-state index in [-0.39, 0.29) is 25.7 Å². The van der Waals surface area contributed by atoms with Crippen LogP contribution in [0.15, 0.2) is 0 Å². The summed E-state index contributed by atoms with van der Waals surface area (Å²) in [4.78, 5) is 72.8. The molecule has 0 aliphatic rings. The molecule has 2 unspecified atom stereocenters. The Morgan fingerprint density at radius 1 is 0.255 bits per heavy atom. The Kier molecular flexibility index (Phi) is 68.1. The number of rotatable bonds is 76. The number of phosphoric ester groups is 2. The van der Waals surface area contributed by atoms with Gasteiger partial charge in [0, 0.05) is 25.7 Å². The molecule has 0 spiro atoms. The number of esters is 4. The third kappa shape index (κ3) is 68.6. The van der Waals surface area contributed by atoms with Crippen molar-refractivity contribution in [3.63, 3.8) is 0 Å². The van der Waals surface area contributed by atoms with Crippen LogP contribution in [0.3, 0.4) is 0 Å². The Hall–Kier alpha value is -1.94. The highest BCUT2D eigenvalue weighted by molar-refractivity contribution is 7.47. The number of aliphatic hydroxyl groups excluding tert-OH is 1. The van der Waals surface area contributed by atoms with Crippen LogP contribution in [-0.2, 0) is 65.4 Å². The van der Waals surface area contributed by atoms with E-state index in [4.69, 9.17) is 37.0 Å². The number of phosphoric acid groups is 2. The summed E-state index contributed by atoms with van der Waals surface area (Å²) in [5, 5.41) is 10.6. The van der Waals surface area contributed by atoms with E-state index in [0.29, 0.717) is 25.7 Å². The molecule has 0 aromatic heterocycles. The van der Waals surface area contributed by atoms with Crippen LogP contribution in [0.25, 0.3) is 0 Å². The van der Waals surface area contributed by atoms with Crippen molar-refractivity contribution in [2.45, 2.75) is 418 Å². The molecule has 0 bridgehead atoms. The topological polar surface area (TPSA) is 237 Å². The Morgan fingerprint density at radius 2 is 0.426 bits per heavy atom. The summed E-state index contributed by atoms with van der Waals surface area (Å²) in [6.07, 6.45) is 59.4. The first-order valence-corrected chi connectivity index (χ1v) is 42.3. The van der Waals surface area contributed by atoms with Crippen molar-refractivity contribution >= 4 is 39.5 Å². The van der Waals surface area contributed by atoms with Crippen molar-refractivity contribution in [3.05, 3.63) is 0 Å². The van der Waals surface area contributed by atoms with Gasteiger partial charge >= 0.3 is 39.5 Å². The molecule has 0 rings (SSSR count). The van der Waals surface area contributed by atoms with E-state index >= 15 is 0 Å². The molecular formula is C75H146O17P2. The van der Waals surface area contributed by atoms with Crippen molar-refractivity contribution in [2.24, 2.45) is 0 Å². The molecule has 0 saturated carbocycles. The van der Waals surface area contributed by atoms with E-state index in [1.807, 2.05) is 0 Å². The quantitative estimate of drug-likeness (QED) is 0.0222. The van der Waals surface area contributed by atoms with Gasteiger partial charge < -0.3 is 33.8 Å². The number of hydrogen-bond donors (Lipinski definition) is 3. The fourth-order valence-electron chi connectivity index (χ4n) is 11.6. The average molecular weight is 1380 g/mol. The van der Waals surface area contributed by atoms with Crippen LogP contribution in [0.5, 0.6) is 0 Å². The maximum atomic E-state index is 13.1. The second kappa shape index (κ2) is 69.5. The zero-order valence-corrected chi connectivity index (χ0v) is 62.7. The smallest absolute Gasteiger partial charge is 0.462 e. The van der Waals surface area contributed by atoms with Gasteiger partial charge in [-0.25, -0.2) is 9.13 Å². The van der Waals surface area contributed by atoms with Crippen LogP contribution >= 0.6 is 15.6 Å². The summed E-state index contributed by atoms with van der Waals surface area (Å²) in [7, 11) is -9.91. The summed E-state index contributed by atoms with van der Waals surface area (Å²) >= 11 is 0. The lowest BCUT2D eigenvalue weighted by atomic mass is 10.0. The predicted molar refractivity (Wildman–Crippen MR) is 382 cm³/mol. The molecule has 0 heterocycles. The first kappa shape index (κ1) is 92.1. The van der Waals surface area contributed by atoms with Gasteiger partial charge in [0.1, 0.15) is 19.3 Å². The van der Waals surface area contributed by atoms with E-state index in [1.54, 1.807) is 0 Å². The minimum Gasteiger partial charge on any atom is -0.462 e. The predicted octanol–water partition coefficient (Wildman–Crippen LogP) is 22.2. The molecule has 0 aliphatic heterocycles. The Morgan fingerprint density at radius 3 is 0.628 bits per heavy atom. The van der Waals surface area contributed by atoms with E-state index < -0.39 is 97.5 Å². The normalized spacial score (nSPS) is 13.9. The van der Waals surface area contributed by atoms with Gasteiger partial charge in [-0.05, 0) is 25.7 Å². The van der Waals surface area contributed by atoms with Gasteiger partial charge in [0.05, 0.1) is 26.4 Å². The van der Waals surface area contributed by atoms with Crippen LogP contribution in [0.2, 0.25) is 0 Å². The number of ether oxygens (including phenoxy) is 4. The van der Waals surface area contributed by atoms with Gasteiger partial charge in [0.2, 0.25) is 0 Å². The molecule has 0 amide bonds. The van der Waals surface area contributed by atoms with Gasteiger partial charge in [0.25, 0.3) is 0 Å². The van der Waals surface area contributed by atoms with E-state index in [1.165, 1.54) is 231 Å². The molecule has 0 aromatic carbocycles. The molecule has 3 N–H and O–H groups in total. The number of aliphatic hydroxyl groups is 1. The maximum Gasteiger partial charge on any atom is 0.472 e. The molecule has 5 atom stereocenters. The number of hydrogen-bond acceptors (Lipinski definition) is 15. The fraction of sp³-hybridized carbons (Fsp3) is 0.947. The second-order valence-electron chi connectivity index (χ2n) is 27.0. The van der Waals surface area contributed by atoms with Gasteiger partial charge in [-0.3, -0.25) is 37.3 Å². The van der Waals surface area contributed by atoms with E-state index in [9.17, 15) is 43.2 Å². The van der Waals surface area contributed by atoms with Crippen molar-refractivity contribution in [1.82, 2.24) is 0 Å². The lowest BCUT2D eigenvalue weighted by Crippen LogP contribution is -2.30. The molecule has 0 aromatic rings. The van der Waals surface area contributed by atoms with E-state index in [2.05, 4.69) is 27.7 Å². The highest BCUT2D eigenvalue weighted by atomic mass is 31.2. The molecule has 558 valence electrons. The summed E-state index contributed by atoms with van der Waals surface area (Å²) in [5.41, 5.74) is 0. The fourth-order valence-corrected chi connectivity index (χ4v) is 13.2. The van der Waals surface area contributed by atoms with Gasteiger partial charge in [-0.15, -0.1) is 0 Å². The van der Waals surface area contributed by atoms with Crippen molar-refractivity contribution in [3.8, 4) is 0 Å². The van der Waals surface area contributed by atoms with Crippen molar-refractivity contribution in [2.75, 3.05) is 39.6 Å². The Balaban J connectivity index is 5.25. The number of carbonyl (C=O) groups excluding carboxylic acids is 4. The Bertz CT molecular complexity index is 1790. The molecule has 0 radical (unpaired) electrons. The van der Waals surface area contributed by atoms with Crippen LogP contribution in [0, 0.1) is 0 Å². The molecule has 17 nitrogen and oxygen atoms in total. The lowest BCUT2D eigenvalue weighted by Gasteiger charge is -2.21. The van der Waals surface area contributed by atoms with Crippen LogP contribution in [0.4, 0.5) is 0 Å². The summed E-state index contributed by atoms with van der Waals surface area (Å²) in [6, 6.07) is 0. The third-order valence-electron chi connectivity index (χ3n) is 17.6. The molecule has 0 saturated heterocycles. The lowest BCUT2D eigenvalue weighted by molar-refractivity contribution is -0.161. The summed E-state index contributed by atoms with van der Waals surface area (Å²) < 4.78 is 68.5. The monoisotopic (exact) mass is 1380 g/mol. The third-order valence-corrected chi connectivity index (χ3v) is 19.5. The number of carbonyl (C=O) groups is 4. The highest BCUT2D eigenvalue weighted by Crippen LogP contribution is 2.45. The first-order valence-electron chi connectivity index (χ1n) is 39.3. The van der Waals surface area contributed by atoms with Gasteiger partial charge in [-0.1, -0.05) is 349 Å². The SMILES string of the molecule is CCCCCCCCCCCCCCCCCCC(=O)O[C@H](COC(=O)CCCCCCCCCCCCCCCC)COP(=O)(O)OC[C@@H](O)COP(=O)(O)OC[C@@H](COC(=O)CCCCCCCCCCCCCC)OC(=O)CCCCCCCCCCCCCC. The van der Waals surface area contributed by atoms with Crippen LogP contribution < -0.4 is 0 Å². The van der Waals surface area contributed by atoms with Crippen molar-refractivity contribution < 1.29 is 80.2 Å². The minimum atomic E-state index is -4.95. The standard InChI is InChI=1S/C75H146O17P2/c1-5-9-13-17-21-25-29-33-35-36-38-42-46-50-54-58-62-75(80)92-71(66-86-73(78)60-56-52-48-44-41-37-34-30-26-22-18-14-10-6-2)68-90-94(83,84)88-64-69(76)63-87-93(81,82)89-67-70(91-74(79)61-57-53-49-45-40-32-28-24-20-16-12-8-4)65-85-72(77)59-55-51-47-43-39-31-27-23-19-15-11-7-3/h69-71,76H,5-68H2,1-4H3,(H,81,82)(H,83,84)/t69-,70+,71+/m0/s1. The van der Waals surface area contributed by atoms with Gasteiger partial charge in [-0.2, -0.15) is 0 Å². The average Bonchev–Trinajstić information content (AvgIpc) is 1.65. The highest BCUT2D eigenvalue weighted by Gasteiger charge is 2.30. The zero-order chi connectivity index (χ0) is 69.0.